The lowest BCUT2D eigenvalue weighted by Gasteiger charge is -2.16. The zero-order valence-corrected chi connectivity index (χ0v) is 8.92. The molecule has 0 saturated heterocycles. The Morgan fingerprint density at radius 3 is 2.36 bits per heavy atom. The van der Waals surface area contributed by atoms with Crippen molar-refractivity contribution in [2.24, 2.45) is 0 Å². The minimum atomic E-state index is -0.415. The molecule has 0 bridgehead atoms. The van der Waals surface area contributed by atoms with Gasteiger partial charge in [0, 0.05) is 12.5 Å². The molecule has 0 aliphatic carbocycles. The van der Waals surface area contributed by atoms with Crippen LogP contribution in [0.2, 0.25) is 0 Å². The van der Waals surface area contributed by atoms with Crippen molar-refractivity contribution in [1.82, 2.24) is 5.32 Å². The standard InChI is InChI=1S/C10H17NO3/c1-5-9(6-11-8(4)12)14-10(13)7(2)3/h9H,2,5-6H2,1,3-4H3,(H,11,12). The van der Waals surface area contributed by atoms with Crippen LogP contribution in [0, 0.1) is 0 Å². The Hall–Kier alpha value is -1.32. The second kappa shape index (κ2) is 6.18. The first kappa shape index (κ1) is 12.7. The summed E-state index contributed by atoms with van der Waals surface area (Å²) in [6, 6.07) is 0. The van der Waals surface area contributed by atoms with Crippen molar-refractivity contribution in [3.05, 3.63) is 12.2 Å². The molecule has 0 aliphatic rings. The molecule has 4 heteroatoms. The zero-order valence-electron chi connectivity index (χ0n) is 8.92. The van der Waals surface area contributed by atoms with E-state index in [-0.39, 0.29) is 12.0 Å². The molecule has 1 atom stereocenters. The quantitative estimate of drug-likeness (QED) is 0.531. The Balaban J connectivity index is 3.96. The molecular formula is C10H17NO3. The number of ether oxygens (including phenoxy) is 1. The van der Waals surface area contributed by atoms with Crippen LogP contribution in [-0.4, -0.2) is 24.5 Å². The van der Waals surface area contributed by atoms with E-state index >= 15 is 0 Å². The highest BCUT2D eigenvalue weighted by molar-refractivity contribution is 5.87. The third-order valence-electron chi connectivity index (χ3n) is 1.66. The van der Waals surface area contributed by atoms with Crippen LogP contribution in [0.25, 0.3) is 0 Å². The van der Waals surface area contributed by atoms with E-state index in [0.29, 0.717) is 18.5 Å². The van der Waals surface area contributed by atoms with Crippen molar-refractivity contribution in [1.29, 1.82) is 0 Å². The minimum absolute atomic E-state index is 0.130. The van der Waals surface area contributed by atoms with Crippen LogP contribution in [0.4, 0.5) is 0 Å². The summed E-state index contributed by atoms with van der Waals surface area (Å²) in [5.74, 6) is -0.544. The Morgan fingerprint density at radius 2 is 2.00 bits per heavy atom. The van der Waals surface area contributed by atoms with E-state index in [1.165, 1.54) is 6.92 Å². The normalized spacial score (nSPS) is 11.6. The number of hydrogen-bond donors (Lipinski definition) is 1. The summed E-state index contributed by atoms with van der Waals surface area (Å²) in [5.41, 5.74) is 0.367. The summed E-state index contributed by atoms with van der Waals surface area (Å²) in [6.45, 7) is 8.73. The summed E-state index contributed by atoms with van der Waals surface area (Å²) in [7, 11) is 0. The molecule has 14 heavy (non-hydrogen) atoms. The molecule has 0 spiro atoms. The highest BCUT2D eigenvalue weighted by Gasteiger charge is 2.12. The van der Waals surface area contributed by atoms with Crippen LogP contribution < -0.4 is 5.32 Å². The average molecular weight is 199 g/mol. The second-order valence-electron chi connectivity index (χ2n) is 3.15. The SMILES string of the molecule is C=C(C)C(=O)OC(CC)CNC(C)=O. The van der Waals surface area contributed by atoms with E-state index in [0.717, 1.165) is 0 Å². The second-order valence-corrected chi connectivity index (χ2v) is 3.15. The third kappa shape index (κ3) is 5.35. The third-order valence-corrected chi connectivity index (χ3v) is 1.66. The first-order chi connectivity index (χ1) is 6.47. The molecule has 0 saturated carbocycles. The van der Waals surface area contributed by atoms with Gasteiger partial charge in [0.2, 0.25) is 5.91 Å². The number of rotatable bonds is 5. The minimum Gasteiger partial charge on any atom is -0.457 e. The van der Waals surface area contributed by atoms with Crippen molar-refractivity contribution in [2.75, 3.05) is 6.54 Å². The maximum absolute atomic E-state index is 11.1. The van der Waals surface area contributed by atoms with Crippen molar-refractivity contribution in [3.8, 4) is 0 Å². The summed E-state index contributed by atoms with van der Waals surface area (Å²) < 4.78 is 5.06. The van der Waals surface area contributed by atoms with Gasteiger partial charge in [-0.05, 0) is 13.3 Å². The van der Waals surface area contributed by atoms with Gasteiger partial charge < -0.3 is 10.1 Å². The molecule has 1 unspecified atom stereocenters. The van der Waals surface area contributed by atoms with Gasteiger partial charge in [0.05, 0.1) is 6.54 Å². The molecule has 0 rings (SSSR count). The number of carbonyl (C=O) groups is 2. The average Bonchev–Trinajstić information content (AvgIpc) is 2.11. The summed E-state index contributed by atoms with van der Waals surface area (Å²) >= 11 is 0. The fourth-order valence-corrected chi connectivity index (χ4v) is 0.779. The Morgan fingerprint density at radius 1 is 1.43 bits per heavy atom. The molecule has 1 amide bonds. The molecule has 4 nitrogen and oxygen atoms in total. The molecule has 80 valence electrons. The zero-order chi connectivity index (χ0) is 11.1. The van der Waals surface area contributed by atoms with E-state index in [4.69, 9.17) is 4.74 Å². The molecule has 0 aliphatic heterocycles. The van der Waals surface area contributed by atoms with Gasteiger partial charge in [0.25, 0.3) is 0 Å². The number of amides is 1. The van der Waals surface area contributed by atoms with Crippen LogP contribution >= 0.6 is 0 Å². The van der Waals surface area contributed by atoms with Gasteiger partial charge in [0.15, 0.2) is 0 Å². The highest BCUT2D eigenvalue weighted by Crippen LogP contribution is 2.01. The molecule has 0 aromatic heterocycles. The van der Waals surface area contributed by atoms with E-state index in [1.54, 1.807) is 6.92 Å². The van der Waals surface area contributed by atoms with Crippen LogP contribution in [0.5, 0.6) is 0 Å². The smallest absolute Gasteiger partial charge is 0.333 e. The van der Waals surface area contributed by atoms with Crippen LogP contribution in [0.1, 0.15) is 27.2 Å². The maximum atomic E-state index is 11.1. The van der Waals surface area contributed by atoms with E-state index < -0.39 is 5.97 Å². The number of hydrogen-bond acceptors (Lipinski definition) is 3. The van der Waals surface area contributed by atoms with Gasteiger partial charge in [-0.2, -0.15) is 0 Å². The molecular weight excluding hydrogens is 182 g/mol. The van der Waals surface area contributed by atoms with E-state index in [1.807, 2.05) is 6.92 Å². The number of esters is 1. The van der Waals surface area contributed by atoms with E-state index in [9.17, 15) is 9.59 Å². The predicted octanol–water partition coefficient (Wildman–Crippen LogP) is 1.02. The molecule has 0 aromatic carbocycles. The van der Waals surface area contributed by atoms with Crippen molar-refractivity contribution in [2.45, 2.75) is 33.3 Å². The molecule has 0 aromatic rings. The summed E-state index contributed by atoms with van der Waals surface area (Å²) in [6.07, 6.45) is 0.391. The predicted molar refractivity (Wildman–Crippen MR) is 53.7 cm³/mol. The Bertz CT molecular complexity index is 236. The monoisotopic (exact) mass is 199 g/mol. The Labute approximate surface area is 84.3 Å². The van der Waals surface area contributed by atoms with Gasteiger partial charge in [-0.25, -0.2) is 4.79 Å². The highest BCUT2D eigenvalue weighted by atomic mass is 16.5. The van der Waals surface area contributed by atoms with Crippen molar-refractivity contribution < 1.29 is 14.3 Å². The largest absolute Gasteiger partial charge is 0.457 e. The van der Waals surface area contributed by atoms with Crippen LogP contribution in [0.3, 0.4) is 0 Å². The van der Waals surface area contributed by atoms with Gasteiger partial charge in [-0.15, -0.1) is 0 Å². The van der Waals surface area contributed by atoms with Crippen LogP contribution in [0.15, 0.2) is 12.2 Å². The fraction of sp³-hybridized carbons (Fsp3) is 0.600. The molecule has 0 radical (unpaired) electrons. The fourth-order valence-electron chi connectivity index (χ4n) is 0.779. The van der Waals surface area contributed by atoms with Crippen molar-refractivity contribution >= 4 is 11.9 Å². The molecule has 0 heterocycles. The van der Waals surface area contributed by atoms with Gasteiger partial charge >= 0.3 is 5.97 Å². The summed E-state index contributed by atoms with van der Waals surface area (Å²) in [5, 5.41) is 2.60. The van der Waals surface area contributed by atoms with Gasteiger partial charge in [-0.1, -0.05) is 13.5 Å². The van der Waals surface area contributed by atoms with E-state index in [2.05, 4.69) is 11.9 Å². The lowest BCUT2D eigenvalue weighted by Crippen LogP contribution is -2.33. The van der Waals surface area contributed by atoms with Gasteiger partial charge in [0.1, 0.15) is 6.10 Å². The topological polar surface area (TPSA) is 55.4 Å². The first-order valence-electron chi connectivity index (χ1n) is 4.58. The van der Waals surface area contributed by atoms with Crippen molar-refractivity contribution in [3.63, 3.8) is 0 Å². The summed E-state index contributed by atoms with van der Waals surface area (Å²) in [4.78, 5) is 21.7. The molecule has 1 N–H and O–H groups in total. The first-order valence-corrected chi connectivity index (χ1v) is 4.58. The Kier molecular flexibility index (Phi) is 5.60. The lowest BCUT2D eigenvalue weighted by molar-refractivity contribution is -0.144. The maximum Gasteiger partial charge on any atom is 0.333 e. The number of nitrogens with one attached hydrogen (secondary N) is 1. The number of carbonyl (C=O) groups excluding carboxylic acids is 2. The van der Waals surface area contributed by atoms with Crippen LogP contribution in [-0.2, 0) is 14.3 Å². The molecule has 0 fully saturated rings. The lowest BCUT2D eigenvalue weighted by atomic mass is 10.2. The van der Waals surface area contributed by atoms with Gasteiger partial charge in [-0.3, -0.25) is 4.79 Å².